The number of ether oxygens (including phenoxy) is 1. The largest absolute Gasteiger partial charge is 0.459 e. The van der Waals surface area contributed by atoms with Crippen LogP contribution in [0.3, 0.4) is 0 Å². The lowest BCUT2D eigenvalue weighted by Crippen LogP contribution is -2.44. The SMILES string of the molecule is C=CC(=O)N1CCC[C@@H](Nc2c(C(=O)OC(C)C)cnc3[nH]ccc23)C1. The first-order valence-corrected chi connectivity index (χ1v) is 8.84. The third-order valence-electron chi connectivity index (χ3n) is 4.41. The van der Waals surface area contributed by atoms with E-state index in [1.54, 1.807) is 11.1 Å². The topological polar surface area (TPSA) is 87.3 Å². The molecule has 138 valence electrons. The van der Waals surface area contributed by atoms with Crippen molar-refractivity contribution in [2.75, 3.05) is 18.4 Å². The number of rotatable bonds is 5. The van der Waals surface area contributed by atoms with Gasteiger partial charge in [0.05, 0.1) is 11.8 Å². The number of anilines is 1. The normalized spacial score (nSPS) is 17.3. The number of hydrogen-bond donors (Lipinski definition) is 2. The molecule has 2 aromatic heterocycles. The zero-order chi connectivity index (χ0) is 18.7. The molecule has 0 spiro atoms. The Morgan fingerprint density at radius 2 is 2.31 bits per heavy atom. The number of pyridine rings is 1. The van der Waals surface area contributed by atoms with Gasteiger partial charge in [0.15, 0.2) is 0 Å². The van der Waals surface area contributed by atoms with Crippen LogP contribution in [0, 0.1) is 0 Å². The van der Waals surface area contributed by atoms with Crippen LogP contribution in [0.4, 0.5) is 5.69 Å². The zero-order valence-electron chi connectivity index (χ0n) is 15.1. The molecule has 3 heterocycles. The van der Waals surface area contributed by atoms with E-state index in [4.69, 9.17) is 4.74 Å². The van der Waals surface area contributed by atoms with Crippen molar-refractivity contribution >= 4 is 28.6 Å². The minimum atomic E-state index is -0.409. The lowest BCUT2D eigenvalue weighted by Gasteiger charge is -2.33. The Labute approximate surface area is 152 Å². The molecule has 0 aliphatic carbocycles. The van der Waals surface area contributed by atoms with E-state index in [1.807, 2.05) is 19.9 Å². The van der Waals surface area contributed by atoms with Crippen LogP contribution in [0.5, 0.6) is 0 Å². The fraction of sp³-hybridized carbons (Fsp3) is 0.421. The first kappa shape index (κ1) is 18.0. The number of esters is 1. The van der Waals surface area contributed by atoms with E-state index in [2.05, 4.69) is 21.9 Å². The van der Waals surface area contributed by atoms with Crippen LogP contribution in [0.2, 0.25) is 0 Å². The smallest absolute Gasteiger partial charge is 0.342 e. The molecule has 7 nitrogen and oxygen atoms in total. The first-order chi connectivity index (χ1) is 12.5. The van der Waals surface area contributed by atoms with Crippen LogP contribution in [-0.4, -0.2) is 52.0 Å². The van der Waals surface area contributed by atoms with Gasteiger partial charge in [0.2, 0.25) is 5.91 Å². The number of carbonyl (C=O) groups is 2. The maximum absolute atomic E-state index is 12.5. The summed E-state index contributed by atoms with van der Waals surface area (Å²) in [5.41, 5.74) is 1.79. The van der Waals surface area contributed by atoms with E-state index >= 15 is 0 Å². The summed E-state index contributed by atoms with van der Waals surface area (Å²) >= 11 is 0. The van der Waals surface area contributed by atoms with Gasteiger partial charge in [-0.25, -0.2) is 9.78 Å². The van der Waals surface area contributed by atoms with E-state index in [0.29, 0.717) is 23.4 Å². The number of amides is 1. The number of nitrogens with zero attached hydrogens (tertiary/aromatic N) is 2. The van der Waals surface area contributed by atoms with Gasteiger partial charge in [-0.2, -0.15) is 0 Å². The van der Waals surface area contributed by atoms with Gasteiger partial charge in [-0.15, -0.1) is 0 Å². The second-order valence-electron chi connectivity index (χ2n) is 6.71. The average Bonchev–Trinajstić information content (AvgIpc) is 3.10. The molecule has 1 amide bonds. The Morgan fingerprint density at radius 1 is 1.50 bits per heavy atom. The quantitative estimate of drug-likeness (QED) is 0.635. The van der Waals surface area contributed by atoms with Crippen LogP contribution in [0.1, 0.15) is 37.0 Å². The summed E-state index contributed by atoms with van der Waals surface area (Å²) < 4.78 is 5.36. The van der Waals surface area contributed by atoms with Gasteiger partial charge in [-0.3, -0.25) is 4.79 Å². The van der Waals surface area contributed by atoms with Crippen molar-refractivity contribution < 1.29 is 14.3 Å². The molecule has 0 saturated carbocycles. The van der Waals surface area contributed by atoms with Gasteiger partial charge in [0.25, 0.3) is 0 Å². The lowest BCUT2D eigenvalue weighted by atomic mass is 10.0. The molecule has 2 aromatic rings. The minimum Gasteiger partial charge on any atom is -0.459 e. The molecule has 1 aliphatic rings. The highest BCUT2D eigenvalue weighted by Crippen LogP contribution is 2.28. The molecule has 3 rings (SSSR count). The molecule has 7 heteroatoms. The van der Waals surface area contributed by atoms with Gasteiger partial charge < -0.3 is 19.9 Å². The summed E-state index contributed by atoms with van der Waals surface area (Å²) in [4.78, 5) is 33.6. The van der Waals surface area contributed by atoms with Crippen LogP contribution >= 0.6 is 0 Å². The highest BCUT2D eigenvalue weighted by atomic mass is 16.5. The predicted molar refractivity (Wildman–Crippen MR) is 100 cm³/mol. The monoisotopic (exact) mass is 356 g/mol. The van der Waals surface area contributed by atoms with Crippen molar-refractivity contribution in [3.05, 3.63) is 36.7 Å². The van der Waals surface area contributed by atoms with Crippen LogP contribution in [0.15, 0.2) is 31.1 Å². The molecule has 1 saturated heterocycles. The summed E-state index contributed by atoms with van der Waals surface area (Å²) in [5.74, 6) is -0.481. The number of aromatic nitrogens is 2. The molecule has 0 aromatic carbocycles. The molecule has 1 atom stereocenters. The molecule has 0 radical (unpaired) electrons. The van der Waals surface area contributed by atoms with E-state index < -0.39 is 5.97 Å². The first-order valence-electron chi connectivity index (χ1n) is 8.84. The van der Waals surface area contributed by atoms with E-state index in [-0.39, 0.29) is 18.1 Å². The van der Waals surface area contributed by atoms with Crippen LogP contribution < -0.4 is 5.32 Å². The van der Waals surface area contributed by atoms with Gasteiger partial charge in [0.1, 0.15) is 11.2 Å². The summed E-state index contributed by atoms with van der Waals surface area (Å²) in [6.45, 7) is 8.47. The third kappa shape index (κ3) is 3.71. The van der Waals surface area contributed by atoms with Gasteiger partial charge in [-0.05, 0) is 38.8 Å². The molecule has 2 N–H and O–H groups in total. The Bertz CT molecular complexity index is 827. The number of H-pyrrole nitrogens is 1. The standard InChI is InChI=1S/C19H24N4O3/c1-4-16(24)23-9-5-6-13(11-23)22-17-14-7-8-20-18(14)21-10-15(17)19(25)26-12(2)3/h4,7-8,10,12-13H,1,5-6,9,11H2,2-3H3,(H2,20,21,22)/t13-/m1/s1. The zero-order valence-corrected chi connectivity index (χ0v) is 15.1. The second-order valence-corrected chi connectivity index (χ2v) is 6.71. The average molecular weight is 356 g/mol. The molecule has 26 heavy (non-hydrogen) atoms. The summed E-state index contributed by atoms with van der Waals surface area (Å²) in [5, 5.41) is 4.28. The van der Waals surface area contributed by atoms with E-state index in [0.717, 1.165) is 24.8 Å². The number of hydrogen-bond acceptors (Lipinski definition) is 5. The summed E-state index contributed by atoms with van der Waals surface area (Å²) in [6.07, 6.45) is 6.24. The Morgan fingerprint density at radius 3 is 3.04 bits per heavy atom. The van der Waals surface area contributed by atoms with Crippen LogP contribution in [0.25, 0.3) is 11.0 Å². The van der Waals surface area contributed by atoms with Crippen molar-refractivity contribution in [3.8, 4) is 0 Å². The number of likely N-dealkylation sites (tertiary alicyclic amines) is 1. The van der Waals surface area contributed by atoms with Crippen molar-refractivity contribution in [2.24, 2.45) is 0 Å². The van der Waals surface area contributed by atoms with Crippen molar-refractivity contribution in [2.45, 2.75) is 38.8 Å². The van der Waals surface area contributed by atoms with Gasteiger partial charge in [0, 0.05) is 36.9 Å². The maximum Gasteiger partial charge on any atom is 0.342 e. The minimum absolute atomic E-state index is 0.0405. The fourth-order valence-corrected chi connectivity index (χ4v) is 3.22. The number of carbonyl (C=O) groups excluding carboxylic acids is 2. The highest BCUT2D eigenvalue weighted by molar-refractivity contribution is 6.04. The molecule has 0 bridgehead atoms. The molecule has 0 unspecified atom stereocenters. The van der Waals surface area contributed by atoms with Gasteiger partial charge in [-0.1, -0.05) is 6.58 Å². The van der Waals surface area contributed by atoms with Crippen LogP contribution in [-0.2, 0) is 9.53 Å². The van der Waals surface area contributed by atoms with Crippen molar-refractivity contribution in [1.82, 2.24) is 14.9 Å². The fourth-order valence-electron chi connectivity index (χ4n) is 3.22. The maximum atomic E-state index is 12.5. The third-order valence-corrected chi connectivity index (χ3v) is 4.41. The Hall–Kier alpha value is -2.83. The molecule has 1 fully saturated rings. The number of fused-ring (bicyclic) bond motifs is 1. The molecular formula is C19H24N4O3. The van der Waals surface area contributed by atoms with E-state index in [9.17, 15) is 9.59 Å². The second kappa shape index (κ2) is 7.59. The van der Waals surface area contributed by atoms with Crippen molar-refractivity contribution in [3.63, 3.8) is 0 Å². The van der Waals surface area contributed by atoms with Gasteiger partial charge >= 0.3 is 5.97 Å². The summed E-state index contributed by atoms with van der Waals surface area (Å²) in [6, 6.07) is 1.92. The predicted octanol–water partition coefficient (Wildman–Crippen LogP) is 2.72. The number of nitrogens with one attached hydrogen (secondary N) is 2. The lowest BCUT2D eigenvalue weighted by molar-refractivity contribution is -0.127. The Balaban J connectivity index is 1.90. The molecule has 1 aliphatic heterocycles. The number of aromatic amines is 1. The highest BCUT2D eigenvalue weighted by Gasteiger charge is 2.25. The van der Waals surface area contributed by atoms with E-state index in [1.165, 1.54) is 12.3 Å². The Kier molecular flexibility index (Phi) is 5.25. The van der Waals surface area contributed by atoms with Crippen molar-refractivity contribution in [1.29, 1.82) is 0 Å². The summed E-state index contributed by atoms with van der Waals surface area (Å²) in [7, 11) is 0. The molecular weight excluding hydrogens is 332 g/mol. The number of piperidine rings is 1.